The number of alkyl halides is 2. The van der Waals surface area contributed by atoms with E-state index in [2.05, 4.69) is 10.5 Å². The fraction of sp³-hybridized carbons (Fsp3) is 0.143. The lowest BCUT2D eigenvalue weighted by Gasteiger charge is -2.10. The summed E-state index contributed by atoms with van der Waals surface area (Å²) in [6, 6.07) is 20.3. The number of ether oxygens (including phenoxy) is 1. The van der Waals surface area contributed by atoms with E-state index < -0.39 is 11.7 Å². The van der Waals surface area contributed by atoms with Crippen LogP contribution in [0.25, 0.3) is 11.1 Å². The number of hydrogen-bond donors (Lipinski definition) is 1. The number of benzene rings is 2. The molecule has 0 radical (unpaired) electrons. The number of nitrogens with zero attached hydrogens (tertiary/aromatic N) is 1. The van der Waals surface area contributed by atoms with Gasteiger partial charge in [-0.15, -0.1) is 0 Å². The standard InChI is InChI=1S/C21H18F2N2O3S/c22-21(23)29-14-17-11-10-16(28-17)12-24-25-20(26)13-27-19-9-5-4-8-18(19)15-6-2-1-3-7-15/h1-12,21H,13-14H2,(H,25,26)/b24-12-. The Hall–Kier alpha value is -3.13. The molecule has 0 fully saturated rings. The molecule has 5 nitrogen and oxygen atoms in total. The lowest BCUT2D eigenvalue weighted by atomic mass is 10.1. The van der Waals surface area contributed by atoms with Gasteiger partial charge in [0, 0.05) is 5.56 Å². The molecule has 8 heteroatoms. The lowest BCUT2D eigenvalue weighted by molar-refractivity contribution is -0.123. The quantitative estimate of drug-likeness (QED) is 0.397. The van der Waals surface area contributed by atoms with Crippen LogP contribution < -0.4 is 10.2 Å². The molecular weight excluding hydrogens is 398 g/mol. The van der Waals surface area contributed by atoms with E-state index in [0.29, 0.717) is 29.0 Å². The van der Waals surface area contributed by atoms with Crippen molar-refractivity contribution in [1.82, 2.24) is 5.43 Å². The molecule has 3 aromatic rings. The maximum atomic E-state index is 12.2. The van der Waals surface area contributed by atoms with Crippen LogP contribution >= 0.6 is 11.8 Å². The van der Waals surface area contributed by atoms with E-state index in [0.717, 1.165) is 11.1 Å². The molecule has 0 aliphatic rings. The summed E-state index contributed by atoms with van der Waals surface area (Å²) in [4.78, 5) is 12.0. The summed E-state index contributed by atoms with van der Waals surface area (Å²) >= 11 is 0.473. The number of thioether (sulfide) groups is 1. The Kier molecular flexibility index (Phi) is 7.40. The highest BCUT2D eigenvalue weighted by Crippen LogP contribution is 2.29. The predicted molar refractivity (Wildman–Crippen MR) is 109 cm³/mol. The van der Waals surface area contributed by atoms with Crippen molar-refractivity contribution in [3.63, 3.8) is 0 Å². The highest BCUT2D eigenvalue weighted by molar-refractivity contribution is 7.98. The van der Waals surface area contributed by atoms with E-state index in [-0.39, 0.29) is 12.4 Å². The molecule has 1 aromatic heterocycles. The molecule has 1 N–H and O–H groups in total. The fourth-order valence-electron chi connectivity index (χ4n) is 2.48. The van der Waals surface area contributed by atoms with Gasteiger partial charge in [-0.2, -0.15) is 13.9 Å². The van der Waals surface area contributed by atoms with Gasteiger partial charge in [-0.3, -0.25) is 4.79 Å². The molecule has 3 rings (SSSR count). The average Bonchev–Trinajstić information content (AvgIpc) is 3.19. The number of carbonyl (C=O) groups excluding carboxylic acids is 1. The van der Waals surface area contributed by atoms with Crippen LogP contribution in [0.5, 0.6) is 5.75 Å². The molecule has 150 valence electrons. The Bertz CT molecular complexity index is 961. The normalized spacial score (nSPS) is 11.1. The van der Waals surface area contributed by atoms with Crippen molar-refractivity contribution >= 4 is 23.9 Å². The van der Waals surface area contributed by atoms with Crippen LogP contribution in [0.4, 0.5) is 8.78 Å². The van der Waals surface area contributed by atoms with Gasteiger partial charge >= 0.3 is 0 Å². The maximum Gasteiger partial charge on any atom is 0.284 e. The molecule has 0 bridgehead atoms. The average molecular weight is 416 g/mol. The predicted octanol–water partition coefficient (Wildman–Crippen LogP) is 4.93. The van der Waals surface area contributed by atoms with Crippen LogP contribution in [0.3, 0.4) is 0 Å². The first-order chi connectivity index (χ1) is 14.1. The summed E-state index contributed by atoms with van der Waals surface area (Å²) in [7, 11) is 0. The van der Waals surface area contributed by atoms with E-state index in [4.69, 9.17) is 9.15 Å². The molecule has 0 saturated carbocycles. The largest absolute Gasteiger partial charge is 0.483 e. The van der Waals surface area contributed by atoms with Crippen molar-refractivity contribution in [2.75, 3.05) is 6.61 Å². The second-order valence-electron chi connectivity index (χ2n) is 5.82. The number of halogens is 2. The smallest absolute Gasteiger partial charge is 0.284 e. The molecule has 1 heterocycles. The van der Waals surface area contributed by atoms with E-state index >= 15 is 0 Å². The number of amides is 1. The lowest BCUT2D eigenvalue weighted by Crippen LogP contribution is -2.24. The van der Waals surface area contributed by atoms with Gasteiger partial charge < -0.3 is 9.15 Å². The van der Waals surface area contributed by atoms with Crippen LogP contribution in [-0.2, 0) is 10.5 Å². The summed E-state index contributed by atoms with van der Waals surface area (Å²) in [5.74, 6) is -1.49. The van der Waals surface area contributed by atoms with Crippen LogP contribution in [0.15, 0.2) is 76.2 Å². The maximum absolute atomic E-state index is 12.2. The Balaban J connectivity index is 1.50. The molecule has 0 unspecified atom stereocenters. The topological polar surface area (TPSA) is 63.8 Å². The van der Waals surface area contributed by atoms with Gasteiger partial charge in [-0.1, -0.05) is 60.3 Å². The third-order valence-corrected chi connectivity index (χ3v) is 4.45. The molecule has 0 atom stereocenters. The Morgan fingerprint density at radius 3 is 2.66 bits per heavy atom. The fourth-order valence-corrected chi connectivity index (χ4v) is 2.92. The Morgan fingerprint density at radius 1 is 1.10 bits per heavy atom. The van der Waals surface area contributed by atoms with Crippen molar-refractivity contribution in [3.8, 4) is 16.9 Å². The van der Waals surface area contributed by atoms with Gasteiger partial charge in [0.25, 0.3) is 11.7 Å². The van der Waals surface area contributed by atoms with Crippen LogP contribution in [-0.4, -0.2) is 24.5 Å². The van der Waals surface area contributed by atoms with Gasteiger partial charge in [-0.25, -0.2) is 5.43 Å². The van der Waals surface area contributed by atoms with Crippen molar-refractivity contribution in [2.45, 2.75) is 11.5 Å². The minimum absolute atomic E-state index is 0.0620. The van der Waals surface area contributed by atoms with Gasteiger partial charge in [0.2, 0.25) is 0 Å². The van der Waals surface area contributed by atoms with Crippen molar-refractivity contribution < 1.29 is 22.7 Å². The first-order valence-corrected chi connectivity index (χ1v) is 9.74. The Morgan fingerprint density at radius 2 is 1.86 bits per heavy atom. The molecular formula is C21H18F2N2O3S. The zero-order valence-electron chi connectivity index (χ0n) is 15.3. The summed E-state index contributed by atoms with van der Waals surface area (Å²) in [5.41, 5.74) is 4.21. The van der Waals surface area contributed by atoms with E-state index in [9.17, 15) is 13.6 Å². The number of para-hydroxylation sites is 1. The molecule has 1 amide bonds. The third kappa shape index (κ3) is 6.46. The highest BCUT2D eigenvalue weighted by Gasteiger charge is 2.08. The summed E-state index contributed by atoms with van der Waals surface area (Å²) in [5, 5.41) is 3.79. The second kappa shape index (κ2) is 10.4. The van der Waals surface area contributed by atoms with Crippen LogP contribution in [0, 0.1) is 0 Å². The second-order valence-corrected chi connectivity index (χ2v) is 6.80. The zero-order chi connectivity index (χ0) is 20.5. The number of hydrazone groups is 1. The third-order valence-electron chi connectivity index (χ3n) is 3.75. The summed E-state index contributed by atoms with van der Waals surface area (Å²) in [6.45, 7) is -0.213. The zero-order valence-corrected chi connectivity index (χ0v) is 16.1. The number of furan rings is 1. The van der Waals surface area contributed by atoms with Crippen LogP contribution in [0.1, 0.15) is 11.5 Å². The van der Waals surface area contributed by atoms with Gasteiger partial charge in [0.1, 0.15) is 17.3 Å². The minimum Gasteiger partial charge on any atom is -0.483 e. The molecule has 0 spiro atoms. The van der Waals surface area contributed by atoms with Crippen LogP contribution in [0.2, 0.25) is 0 Å². The van der Waals surface area contributed by atoms with Crippen molar-refractivity contribution in [2.24, 2.45) is 5.10 Å². The van der Waals surface area contributed by atoms with Crippen molar-refractivity contribution in [3.05, 3.63) is 78.3 Å². The van der Waals surface area contributed by atoms with E-state index in [1.165, 1.54) is 6.21 Å². The molecule has 2 aromatic carbocycles. The number of carbonyl (C=O) groups is 1. The monoisotopic (exact) mass is 416 g/mol. The first kappa shape index (κ1) is 20.6. The molecule has 0 aliphatic heterocycles. The summed E-state index contributed by atoms with van der Waals surface area (Å²) < 4.78 is 35.3. The number of nitrogens with one attached hydrogen (secondary N) is 1. The van der Waals surface area contributed by atoms with E-state index in [1.54, 1.807) is 18.2 Å². The Labute approximate surface area is 170 Å². The molecule has 29 heavy (non-hydrogen) atoms. The highest BCUT2D eigenvalue weighted by atomic mass is 32.2. The molecule has 0 aliphatic carbocycles. The van der Waals surface area contributed by atoms with Crippen molar-refractivity contribution in [1.29, 1.82) is 0 Å². The van der Waals surface area contributed by atoms with E-state index in [1.807, 2.05) is 48.5 Å². The minimum atomic E-state index is -2.46. The first-order valence-electron chi connectivity index (χ1n) is 8.69. The SMILES string of the molecule is O=C(COc1ccccc1-c1ccccc1)N/N=C\c1ccc(CSC(F)F)o1. The van der Waals surface area contributed by atoms with Gasteiger partial charge in [0.15, 0.2) is 6.61 Å². The molecule has 0 saturated heterocycles. The number of rotatable bonds is 9. The number of hydrogen-bond acceptors (Lipinski definition) is 5. The van der Waals surface area contributed by atoms with Gasteiger partial charge in [-0.05, 0) is 23.8 Å². The summed E-state index contributed by atoms with van der Waals surface area (Å²) in [6.07, 6.45) is 1.30. The van der Waals surface area contributed by atoms with Gasteiger partial charge in [0.05, 0.1) is 12.0 Å².